The molecule has 1 aromatic rings. The zero-order valence-electron chi connectivity index (χ0n) is 10.1. The minimum Gasteiger partial charge on any atom is -0.467 e. The molecule has 1 heterocycles. The van der Waals surface area contributed by atoms with Crippen LogP contribution in [0.3, 0.4) is 0 Å². The first-order chi connectivity index (χ1) is 8.19. The minimum absolute atomic E-state index is 0.0994. The average molecular weight is 239 g/mol. The molecule has 1 saturated carbocycles. The number of aromatic nitrogens is 3. The van der Waals surface area contributed by atoms with Gasteiger partial charge in [0.25, 0.3) is 0 Å². The summed E-state index contributed by atoms with van der Waals surface area (Å²) >= 11 is 0. The highest BCUT2D eigenvalue weighted by atomic mass is 16.5. The molecular formula is C10H17N5O2. The van der Waals surface area contributed by atoms with E-state index in [1.165, 1.54) is 20.0 Å². The van der Waals surface area contributed by atoms with Gasteiger partial charge in [0.2, 0.25) is 5.95 Å². The van der Waals surface area contributed by atoms with E-state index >= 15 is 0 Å². The van der Waals surface area contributed by atoms with Crippen molar-refractivity contribution in [2.45, 2.75) is 18.9 Å². The van der Waals surface area contributed by atoms with Crippen molar-refractivity contribution in [1.29, 1.82) is 0 Å². The standard InChI is InChI=1S/C10H17N5O2/c1-15(7-3-4-7)5-6-17-10-13-8(11)12-9(14-10)16-2/h7H,3-6H2,1-2H3,(H2,11,12,13,14). The first kappa shape index (κ1) is 11.8. The van der Waals surface area contributed by atoms with E-state index in [1.54, 1.807) is 0 Å². The number of hydrogen-bond acceptors (Lipinski definition) is 7. The van der Waals surface area contributed by atoms with Gasteiger partial charge in [-0.15, -0.1) is 4.98 Å². The predicted octanol–water partition coefficient (Wildman–Crippen LogP) is -0.0646. The molecule has 0 radical (unpaired) electrons. The molecule has 0 aromatic carbocycles. The highest BCUT2D eigenvalue weighted by Gasteiger charge is 2.25. The Morgan fingerprint density at radius 1 is 1.29 bits per heavy atom. The van der Waals surface area contributed by atoms with Crippen LogP contribution in [0.25, 0.3) is 0 Å². The zero-order valence-corrected chi connectivity index (χ0v) is 10.1. The number of hydrogen-bond donors (Lipinski definition) is 1. The fraction of sp³-hybridized carbons (Fsp3) is 0.700. The molecule has 7 heteroatoms. The predicted molar refractivity (Wildman–Crippen MR) is 61.9 cm³/mol. The van der Waals surface area contributed by atoms with Crippen LogP contribution < -0.4 is 15.2 Å². The summed E-state index contributed by atoms with van der Waals surface area (Å²) in [6, 6.07) is 1.10. The lowest BCUT2D eigenvalue weighted by atomic mass is 10.5. The van der Waals surface area contributed by atoms with Gasteiger partial charge in [-0.2, -0.15) is 9.97 Å². The summed E-state index contributed by atoms with van der Waals surface area (Å²) in [5.41, 5.74) is 5.49. The molecule has 0 atom stereocenters. The third-order valence-corrected chi connectivity index (χ3v) is 2.64. The topological polar surface area (TPSA) is 86.4 Å². The van der Waals surface area contributed by atoms with Crippen LogP contribution in [0, 0.1) is 0 Å². The molecule has 2 rings (SSSR count). The third kappa shape index (κ3) is 3.42. The van der Waals surface area contributed by atoms with Gasteiger partial charge in [-0.25, -0.2) is 0 Å². The van der Waals surface area contributed by atoms with E-state index in [1.807, 2.05) is 0 Å². The lowest BCUT2D eigenvalue weighted by Gasteiger charge is -2.15. The van der Waals surface area contributed by atoms with Crippen LogP contribution in [0.4, 0.5) is 5.95 Å². The molecule has 0 bridgehead atoms. The molecule has 0 spiro atoms. The summed E-state index contributed by atoms with van der Waals surface area (Å²) < 4.78 is 10.3. The monoisotopic (exact) mass is 239 g/mol. The Morgan fingerprint density at radius 2 is 2.00 bits per heavy atom. The van der Waals surface area contributed by atoms with Crippen molar-refractivity contribution >= 4 is 5.95 Å². The van der Waals surface area contributed by atoms with Gasteiger partial charge in [-0.05, 0) is 19.9 Å². The third-order valence-electron chi connectivity index (χ3n) is 2.64. The molecule has 0 aliphatic heterocycles. The number of anilines is 1. The van der Waals surface area contributed by atoms with E-state index < -0.39 is 0 Å². The number of nitrogens with zero attached hydrogens (tertiary/aromatic N) is 4. The van der Waals surface area contributed by atoms with Gasteiger partial charge in [0.15, 0.2) is 0 Å². The fourth-order valence-electron chi connectivity index (χ4n) is 1.49. The molecule has 1 aromatic heterocycles. The summed E-state index contributed by atoms with van der Waals surface area (Å²) in [5.74, 6) is 0.0994. The highest BCUT2D eigenvalue weighted by Crippen LogP contribution is 2.24. The lowest BCUT2D eigenvalue weighted by molar-refractivity contribution is 0.217. The van der Waals surface area contributed by atoms with Crippen LogP contribution in [0.15, 0.2) is 0 Å². The summed E-state index contributed by atoms with van der Waals surface area (Å²) in [6.45, 7) is 1.37. The van der Waals surface area contributed by atoms with Gasteiger partial charge in [0, 0.05) is 12.6 Å². The van der Waals surface area contributed by atoms with Crippen molar-refractivity contribution in [2.24, 2.45) is 0 Å². The number of rotatable bonds is 6. The fourth-order valence-corrected chi connectivity index (χ4v) is 1.49. The first-order valence-corrected chi connectivity index (χ1v) is 5.57. The van der Waals surface area contributed by atoms with E-state index in [2.05, 4.69) is 26.9 Å². The number of nitrogen functional groups attached to an aromatic ring is 1. The van der Waals surface area contributed by atoms with Gasteiger partial charge in [0.1, 0.15) is 6.61 Å². The van der Waals surface area contributed by atoms with Crippen LogP contribution in [-0.4, -0.2) is 53.2 Å². The molecule has 0 unspecified atom stereocenters. The van der Waals surface area contributed by atoms with Crippen LogP contribution in [0.5, 0.6) is 12.0 Å². The number of methoxy groups -OCH3 is 1. The molecule has 17 heavy (non-hydrogen) atoms. The Kier molecular flexibility index (Phi) is 3.58. The Hall–Kier alpha value is -1.63. The molecule has 1 aliphatic rings. The summed E-state index contributed by atoms with van der Waals surface area (Å²) in [4.78, 5) is 13.9. The SMILES string of the molecule is COc1nc(N)nc(OCCN(C)C2CC2)n1. The molecule has 7 nitrogen and oxygen atoms in total. The van der Waals surface area contributed by atoms with Crippen molar-refractivity contribution in [3.05, 3.63) is 0 Å². The average Bonchev–Trinajstić information content (AvgIpc) is 3.12. The normalized spacial score (nSPS) is 15.0. The second-order valence-electron chi connectivity index (χ2n) is 4.02. The Labute approximate surface area is 100.0 Å². The Bertz CT molecular complexity index is 383. The molecule has 1 aliphatic carbocycles. The first-order valence-electron chi connectivity index (χ1n) is 5.57. The zero-order chi connectivity index (χ0) is 12.3. The largest absolute Gasteiger partial charge is 0.467 e. The summed E-state index contributed by atoms with van der Waals surface area (Å²) in [6.07, 6.45) is 2.56. The molecule has 1 fully saturated rings. The van der Waals surface area contributed by atoms with E-state index in [4.69, 9.17) is 15.2 Å². The van der Waals surface area contributed by atoms with Crippen LogP contribution in [0.1, 0.15) is 12.8 Å². The minimum atomic E-state index is 0.0994. The van der Waals surface area contributed by atoms with Crippen molar-refractivity contribution < 1.29 is 9.47 Å². The second-order valence-corrected chi connectivity index (χ2v) is 4.02. The quantitative estimate of drug-likeness (QED) is 0.743. The van der Waals surface area contributed by atoms with Crippen molar-refractivity contribution in [3.8, 4) is 12.0 Å². The van der Waals surface area contributed by atoms with E-state index in [9.17, 15) is 0 Å². The van der Waals surface area contributed by atoms with Crippen molar-refractivity contribution in [3.63, 3.8) is 0 Å². The Balaban J connectivity index is 1.83. The molecular weight excluding hydrogens is 222 g/mol. The van der Waals surface area contributed by atoms with Crippen LogP contribution in [0.2, 0.25) is 0 Å². The Morgan fingerprint density at radius 3 is 2.65 bits per heavy atom. The number of ether oxygens (including phenoxy) is 2. The van der Waals surface area contributed by atoms with E-state index in [-0.39, 0.29) is 18.0 Å². The maximum atomic E-state index is 5.49. The molecule has 0 saturated heterocycles. The highest BCUT2D eigenvalue weighted by molar-refractivity contribution is 5.20. The second kappa shape index (κ2) is 5.13. The van der Waals surface area contributed by atoms with Crippen molar-refractivity contribution in [1.82, 2.24) is 19.9 Å². The van der Waals surface area contributed by atoms with Gasteiger partial charge >= 0.3 is 12.0 Å². The number of likely N-dealkylation sites (N-methyl/N-ethyl adjacent to an activating group) is 1. The van der Waals surface area contributed by atoms with Gasteiger partial charge in [-0.3, -0.25) is 0 Å². The van der Waals surface area contributed by atoms with Gasteiger partial charge < -0.3 is 20.1 Å². The molecule has 2 N–H and O–H groups in total. The van der Waals surface area contributed by atoms with Crippen LogP contribution >= 0.6 is 0 Å². The van der Waals surface area contributed by atoms with E-state index in [0.717, 1.165) is 12.6 Å². The van der Waals surface area contributed by atoms with Gasteiger partial charge in [-0.1, -0.05) is 0 Å². The molecule has 94 valence electrons. The van der Waals surface area contributed by atoms with Gasteiger partial charge in [0.05, 0.1) is 7.11 Å². The lowest BCUT2D eigenvalue weighted by Crippen LogP contribution is -2.26. The van der Waals surface area contributed by atoms with Crippen molar-refractivity contribution in [2.75, 3.05) is 33.0 Å². The summed E-state index contributed by atoms with van der Waals surface area (Å²) in [7, 11) is 3.56. The number of nitrogens with two attached hydrogens (primary N) is 1. The summed E-state index contributed by atoms with van der Waals surface area (Å²) in [5, 5.41) is 0. The molecule has 0 amide bonds. The maximum absolute atomic E-state index is 5.49. The maximum Gasteiger partial charge on any atom is 0.324 e. The van der Waals surface area contributed by atoms with E-state index in [0.29, 0.717) is 6.61 Å². The smallest absolute Gasteiger partial charge is 0.324 e. The van der Waals surface area contributed by atoms with Crippen LogP contribution in [-0.2, 0) is 0 Å².